The van der Waals surface area contributed by atoms with Crippen LogP contribution in [-0.4, -0.2) is 21.0 Å². The van der Waals surface area contributed by atoms with Crippen molar-refractivity contribution in [2.45, 2.75) is 12.3 Å². The quantitative estimate of drug-likeness (QED) is 0.752. The van der Waals surface area contributed by atoms with Gasteiger partial charge in [0.2, 0.25) is 0 Å². The third-order valence-corrected chi connectivity index (χ3v) is 3.25. The van der Waals surface area contributed by atoms with Crippen LogP contribution in [0.25, 0.3) is 12.7 Å². The van der Waals surface area contributed by atoms with E-state index < -0.39 is 5.97 Å². The Hall–Kier alpha value is -2.82. The van der Waals surface area contributed by atoms with Gasteiger partial charge in [0.25, 0.3) is 0 Å². The molecule has 4 N–H and O–H groups in total. The minimum atomic E-state index is -0.865. The monoisotopic (exact) mass is 283 g/mol. The van der Waals surface area contributed by atoms with E-state index in [1.54, 1.807) is 30.7 Å². The third-order valence-electron chi connectivity index (χ3n) is 3.25. The second-order valence-corrected chi connectivity index (χ2v) is 4.62. The Labute approximate surface area is 122 Å². The molecule has 2 heterocycles. The highest BCUT2D eigenvalue weighted by atomic mass is 16.4. The Balaban J connectivity index is 2.58. The summed E-state index contributed by atoms with van der Waals surface area (Å²) in [6.45, 7) is 3.92. The molecular weight excluding hydrogens is 266 g/mol. The molecule has 0 radical (unpaired) electrons. The summed E-state index contributed by atoms with van der Waals surface area (Å²) in [6, 6.07) is 3.67. The van der Waals surface area contributed by atoms with Gasteiger partial charge < -0.3 is 15.8 Å². The topological polar surface area (TPSA) is 92.0 Å². The van der Waals surface area contributed by atoms with E-state index in [-0.39, 0.29) is 12.3 Å². The fourth-order valence-electron chi connectivity index (χ4n) is 2.30. The number of carboxylic acid groups (broad SMARTS) is 1. The van der Waals surface area contributed by atoms with Crippen LogP contribution in [0.4, 0.5) is 0 Å². The zero-order chi connectivity index (χ0) is 15.2. The lowest BCUT2D eigenvalue weighted by Gasteiger charge is -2.13. The van der Waals surface area contributed by atoms with E-state index >= 15 is 0 Å². The number of nitrogens with zero attached hydrogens (tertiary/aromatic N) is 1. The molecule has 0 aliphatic heterocycles. The molecule has 2 rings (SSSR count). The summed E-state index contributed by atoms with van der Waals surface area (Å²) in [4.78, 5) is 18.3. The second-order valence-electron chi connectivity index (χ2n) is 4.62. The number of carbonyl (C=O) groups is 1. The lowest BCUT2D eigenvalue weighted by atomic mass is 9.90. The maximum atomic E-state index is 11.2. The van der Waals surface area contributed by atoms with E-state index in [1.165, 1.54) is 6.20 Å². The molecule has 0 aromatic carbocycles. The van der Waals surface area contributed by atoms with Gasteiger partial charge in [-0.25, -0.2) is 0 Å². The smallest absolute Gasteiger partial charge is 0.304 e. The minimum Gasteiger partial charge on any atom is -0.481 e. The van der Waals surface area contributed by atoms with Gasteiger partial charge in [0, 0.05) is 35.1 Å². The van der Waals surface area contributed by atoms with Crippen LogP contribution in [-0.2, 0) is 4.79 Å². The first-order chi connectivity index (χ1) is 10.1. The van der Waals surface area contributed by atoms with Crippen LogP contribution >= 0.6 is 0 Å². The Morgan fingerprint density at radius 3 is 3.00 bits per heavy atom. The largest absolute Gasteiger partial charge is 0.481 e. The highest BCUT2D eigenvalue weighted by Gasteiger charge is 2.20. The Morgan fingerprint density at radius 1 is 1.57 bits per heavy atom. The summed E-state index contributed by atoms with van der Waals surface area (Å²) in [5, 5.41) is 10.8. The third kappa shape index (κ3) is 3.39. The highest BCUT2D eigenvalue weighted by molar-refractivity contribution is 5.69. The predicted molar refractivity (Wildman–Crippen MR) is 81.7 cm³/mol. The molecule has 0 amide bonds. The number of nitrogens with one attached hydrogen (secondary N) is 1. The molecule has 5 nitrogen and oxygen atoms in total. The van der Waals surface area contributed by atoms with Gasteiger partial charge in [-0.3, -0.25) is 9.78 Å². The van der Waals surface area contributed by atoms with Crippen LogP contribution in [0.5, 0.6) is 0 Å². The number of hydrogen-bond donors (Lipinski definition) is 3. The highest BCUT2D eigenvalue weighted by Crippen LogP contribution is 2.24. The number of hydrogen-bond acceptors (Lipinski definition) is 3. The van der Waals surface area contributed by atoms with Crippen molar-refractivity contribution in [1.82, 2.24) is 9.97 Å². The standard InChI is InChI=1S/C16H17N3O2/c1-11-13(5-2-6-17)15(10-19-11)14(8-16(20)21)12-4-3-7-18-9-12/h2-7,9-10,14,19H,1,8,17H2,(H,20,21)/b6-2-,13-5+. The number of allylic oxidation sites excluding steroid dienone is 1. The van der Waals surface area contributed by atoms with Crippen LogP contribution in [0.3, 0.4) is 0 Å². The molecule has 21 heavy (non-hydrogen) atoms. The zero-order valence-electron chi connectivity index (χ0n) is 11.5. The maximum Gasteiger partial charge on any atom is 0.304 e. The fraction of sp³-hybridized carbons (Fsp3) is 0.125. The molecule has 108 valence electrons. The molecule has 1 unspecified atom stereocenters. The molecular formula is C16H17N3O2. The Kier molecular flexibility index (Phi) is 4.56. The zero-order valence-corrected chi connectivity index (χ0v) is 11.5. The SMILES string of the molecule is C=c1[nH]cc(C(CC(=O)O)c2cccnc2)/c1=C/C=C\N. The van der Waals surface area contributed by atoms with E-state index in [0.717, 1.165) is 21.7 Å². The van der Waals surface area contributed by atoms with Gasteiger partial charge in [-0.05, 0) is 29.5 Å². The molecule has 0 fully saturated rings. The molecule has 5 heteroatoms. The van der Waals surface area contributed by atoms with Crippen molar-refractivity contribution in [3.63, 3.8) is 0 Å². The van der Waals surface area contributed by atoms with Crippen molar-refractivity contribution in [1.29, 1.82) is 0 Å². The van der Waals surface area contributed by atoms with Gasteiger partial charge in [0.1, 0.15) is 0 Å². The predicted octanol–water partition coefficient (Wildman–Crippen LogP) is 0.680. The van der Waals surface area contributed by atoms with Crippen molar-refractivity contribution >= 4 is 18.6 Å². The van der Waals surface area contributed by atoms with Crippen molar-refractivity contribution in [2.75, 3.05) is 0 Å². The van der Waals surface area contributed by atoms with Crippen molar-refractivity contribution < 1.29 is 9.90 Å². The summed E-state index contributed by atoms with van der Waals surface area (Å²) in [7, 11) is 0. The molecule has 2 aromatic rings. The first-order valence-corrected chi connectivity index (χ1v) is 6.50. The van der Waals surface area contributed by atoms with Gasteiger partial charge >= 0.3 is 5.97 Å². The first-order valence-electron chi connectivity index (χ1n) is 6.50. The lowest BCUT2D eigenvalue weighted by molar-refractivity contribution is -0.137. The van der Waals surface area contributed by atoms with E-state index in [0.29, 0.717) is 0 Å². The molecule has 0 aliphatic carbocycles. The molecule has 1 atom stereocenters. The Bertz CT molecular complexity index is 748. The summed E-state index contributed by atoms with van der Waals surface area (Å²) >= 11 is 0. The van der Waals surface area contributed by atoms with Crippen LogP contribution in [0.1, 0.15) is 23.5 Å². The van der Waals surface area contributed by atoms with Crippen LogP contribution in [0.15, 0.2) is 43.0 Å². The molecule has 0 spiro atoms. The molecule has 2 aromatic heterocycles. The van der Waals surface area contributed by atoms with Gasteiger partial charge in [-0.2, -0.15) is 0 Å². The fourth-order valence-corrected chi connectivity index (χ4v) is 2.30. The number of aromatic amines is 1. The van der Waals surface area contributed by atoms with E-state index in [1.807, 2.05) is 12.1 Å². The van der Waals surface area contributed by atoms with Crippen molar-refractivity contribution in [3.05, 3.63) is 64.7 Å². The summed E-state index contributed by atoms with van der Waals surface area (Å²) in [5.41, 5.74) is 7.09. The van der Waals surface area contributed by atoms with Crippen LogP contribution in [0, 0.1) is 0 Å². The lowest BCUT2D eigenvalue weighted by Crippen LogP contribution is -2.25. The van der Waals surface area contributed by atoms with Crippen LogP contribution < -0.4 is 16.3 Å². The number of rotatable bonds is 5. The molecule has 0 saturated heterocycles. The second kappa shape index (κ2) is 6.56. The maximum absolute atomic E-state index is 11.2. The normalized spacial score (nSPS) is 13.6. The van der Waals surface area contributed by atoms with E-state index in [2.05, 4.69) is 16.5 Å². The van der Waals surface area contributed by atoms with Gasteiger partial charge in [-0.1, -0.05) is 18.7 Å². The minimum absolute atomic E-state index is 0.0177. The number of aliphatic carboxylic acids is 1. The number of carboxylic acids is 1. The van der Waals surface area contributed by atoms with E-state index in [9.17, 15) is 9.90 Å². The van der Waals surface area contributed by atoms with Gasteiger partial charge in [-0.15, -0.1) is 0 Å². The molecule has 0 bridgehead atoms. The molecule has 0 aliphatic rings. The number of aromatic nitrogens is 2. The average Bonchev–Trinajstić information content (AvgIpc) is 2.84. The average molecular weight is 283 g/mol. The van der Waals surface area contributed by atoms with Gasteiger partial charge in [0.05, 0.1) is 6.42 Å². The Morgan fingerprint density at radius 2 is 2.38 bits per heavy atom. The summed E-state index contributed by atoms with van der Waals surface area (Å²) < 4.78 is 0. The van der Waals surface area contributed by atoms with Crippen LogP contribution in [0.2, 0.25) is 0 Å². The first kappa shape index (κ1) is 14.6. The summed E-state index contributed by atoms with van der Waals surface area (Å²) in [5.74, 6) is -1.16. The van der Waals surface area contributed by atoms with Crippen molar-refractivity contribution in [3.8, 4) is 0 Å². The molecule has 0 saturated carbocycles. The number of nitrogens with two attached hydrogens (primary N) is 1. The van der Waals surface area contributed by atoms with Gasteiger partial charge in [0.15, 0.2) is 0 Å². The van der Waals surface area contributed by atoms with Crippen molar-refractivity contribution in [2.24, 2.45) is 5.73 Å². The number of pyridine rings is 1. The summed E-state index contributed by atoms with van der Waals surface area (Å²) in [6.07, 6.45) is 10.1. The number of H-pyrrole nitrogens is 1. The van der Waals surface area contributed by atoms with E-state index in [4.69, 9.17) is 5.73 Å².